The van der Waals surface area contributed by atoms with Gasteiger partial charge in [0.1, 0.15) is 5.75 Å². The van der Waals surface area contributed by atoms with Crippen LogP contribution in [0.25, 0.3) is 0 Å². The minimum absolute atomic E-state index is 0.0195. The van der Waals surface area contributed by atoms with Crippen LogP contribution in [0.4, 0.5) is 0 Å². The van der Waals surface area contributed by atoms with Gasteiger partial charge in [0.15, 0.2) is 6.61 Å². The number of nitrogens with zero attached hydrogens (tertiary/aromatic N) is 3. The molecule has 1 heterocycles. The molecule has 0 fully saturated rings. The molecule has 3 aromatic rings. The highest BCUT2D eigenvalue weighted by atomic mass is 35.5. The van der Waals surface area contributed by atoms with Crippen LogP contribution in [0.3, 0.4) is 0 Å². The Labute approximate surface area is 179 Å². The second kappa shape index (κ2) is 10.3. The molecule has 0 unspecified atom stereocenters. The number of carbonyl (C=O) groups excluding carboxylic acids is 1. The van der Waals surface area contributed by atoms with Gasteiger partial charge in [0.25, 0.3) is 11.1 Å². The standard InChI is InChI=1S/C21H22ClN3O3S/c1-15(2)25(12-16-6-4-3-5-7-16)20(26)14-29-21-24-23-19(28-21)13-27-18-10-8-17(22)9-11-18/h3-11,15H,12-14H2,1-2H3. The van der Waals surface area contributed by atoms with E-state index in [1.54, 1.807) is 24.3 Å². The maximum atomic E-state index is 12.7. The number of rotatable bonds is 9. The van der Waals surface area contributed by atoms with Gasteiger partial charge in [-0.15, -0.1) is 10.2 Å². The first kappa shape index (κ1) is 21.2. The zero-order chi connectivity index (χ0) is 20.6. The molecule has 0 aliphatic heterocycles. The largest absolute Gasteiger partial charge is 0.484 e. The van der Waals surface area contributed by atoms with Crippen molar-refractivity contribution >= 4 is 29.3 Å². The van der Waals surface area contributed by atoms with Crippen LogP contribution >= 0.6 is 23.4 Å². The first-order valence-corrected chi connectivity index (χ1v) is 10.5. The van der Waals surface area contributed by atoms with Gasteiger partial charge in [-0.2, -0.15) is 0 Å². The lowest BCUT2D eigenvalue weighted by Gasteiger charge is -2.26. The summed E-state index contributed by atoms with van der Waals surface area (Å²) in [5, 5.41) is 8.92. The van der Waals surface area contributed by atoms with Crippen LogP contribution in [-0.4, -0.2) is 32.8 Å². The summed E-state index contributed by atoms with van der Waals surface area (Å²) in [6.45, 7) is 4.73. The summed E-state index contributed by atoms with van der Waals surface area (Å²) in [6, 6.07) is 17.0. The Bertz CT molecular complexity index is 916. The van der Waals surface area contributed by atoms with Gasteiger partial charge in [-0.05, 0) is 43.7 Å². The van der Waals surface area contributed by atoms with Crippen molar-refractivity contribution in [3.8, 4) is 5.75 Å². The Morgan fingerprint density at radius 2 is 1.86 bits per heavy atom. The molecule has 0 atom stereocenters. The average molecular weight is 432 g/mol. The Morgan fingerprint density at radius 1 is 1.14 bits per heavy atom. The van der Waals surface area contributed by atoms with Crippen molar-refractivity contribution in [2.45, 2.75) is 38.3 Å². The fraction of sp³-hybridized carbons (Fsp3) is 0.286. The van der Waals surface area contributed by atoms with Crippen LogP contribution in [0.5, 0.6) is 5.75 Å². The third-order valence-corrected chi connectivity index (χ3v) is 5.14. The molecule has 8 heteroatoms. The molecule has 0 aliphatic carbocycles. The molecule has 0 saturated heterocycles. The first-order valence-electron chi connectivity index (χ1n) is 9.18. The van der Waals surface area contributed by atoms with Crippen molar-refractivity contribution in [1.29, 1.82) is 0 Å². The highest BCUT2D eigenvalue weighted by molar-refractivity contribution is 7.99. The van der Waals surface area contributed by atoms with Crippen molar-refractivity contribution in [3.63, 3.8) is 0 Å². The van der Waals surface area contributed by atoms with E-state index in [0.29, 0.717) is 28.4 Å². The SMILES string of the molecule is CC(C)N(Cc1ccccc1)C(=O)CSc1nnc(COc2ccc(Cl)cc2)o1. The van der Waals surface area contributed by atoms with E-state index in [2.05, 4.69) is 10.2 Å². The summed E-state index contributed by atoms with van der Waals surface area (Å²) in [6.07, 6.45) is 0. The van der Waals surface area contributed by atoms with Crippen LogP contribution in [0, 0.1) is 0 Å². The van der Waals surface area contributed by atoms with Gasteiger partial charge in [0.2, 0.25) is 5.91 Å². The fourth-order valence-corrected chi connectivity index (χ4v) is 3.37. The molecule has 152 valence electrons. The van der Waals surface area contributed by atoms with Crippen molar-refractivity contribution < 1.29 is 13.9 Å². The Morgan fingerprint density at radius 3 is 2.55 bits per heavy atom. The lowest BCUT2D eigenvalue weighted by Crippen LogP contribution is -2.37. The quantitative estimate of drug-likeness (QED) is 0.452. The summed E-state index contributed by atoms with van der Waals surface area (Å²) in [4.78, 5) is 14.5. The predicted molar refractivity (Wildman–Crippen MR) is 113 cm³/mol. The van der Waals surface area contributed by atoms with Crippen LogP contribution in [0.1, 0.15) is 25.3 Å². The molecule has 2 aromatic carbocycles. The molecule has 0 saturated carbocycles. The van der Waals surface area contributed by atoms with E-state index in [-0.39, 0.29) is 24.3 Å². The summed E-state index contributed by atoms with van der Waals surface area (Å²) in [5.74, 6) is 1.25. The molecule has 0 bridgehead atoms. The highest BCUT2D eigenvalue weighted by Gasteiger charge is 2.19. The smallest absolute Gasteiger partial charge is 0.277 e. The molecule has 3 rings (SSSR count). The second-order valence-corrected chi connectivity index (χ2v) is 7.96. The van der Waals surface area contributed by atoms with E-state index in [0.717, 1.165) is 5.56 Å². The topological polar surface area (TPSA) is 68.5 Å². The number of carbonyl (C=O) groups is 1. The molecule has 0 N–H and O–H groups in total. The predicted octanol–water partition coefficient (Wildman–Crippen LogP) is 4.83. The number of hydrogen-bond donors (Lipinski definition) is 0. The number of aromatic nitrogens is 2. The normalized spacial score (nSPS) is 10.9. The molecule has 1 amide bonds. The Hall–Kier alpha value is -2.51. The Balaban J connectivity index is 1.50. The van der Waals surface area contributed by atoms with E-state index in [9.17, 15) is 4.79 Å². The molecule has 0 spiro atoms. The average Bonchev–Trinajstić information content (AvgIpc) is 3.18. The minimum atomic E-state index is 0.0195. The summed E-state index contributed by atoms with van der Waals surface area (Å²) in [7, 11) is 0. The number of amides is 1. The van der Waals surface area contributed by atoms with Crippen molar-refractivity contribution in [2.75, 3.05) is 5.75 Å². The lowest BCUT2D eigenvalue weighted by molar-refractivity contribution is -0.130. The summed E-state index contributed by atoms with van der Waals surface area (Å²) < 4.78 is 11.1. The van der Waals surface area contributed by atoms with Gasteiger partial charge < -0.3 is 14.1 Å². The molecular formula is C21H22ClN3O3S. The molecular weight excluding hydrogens is 410 g/mol. The third kappa shape index (κ3) is 6.51. The fourth-order valence-electron chi connectivity index (χ4n) is 2.58. The van der Waals surface area contributed by atoms with Gasteiger partial charge >= 0.3 is 0 Å². The zero-order valence-corrected chi connectivity index (χ0v) is 17.8. The summed E-state index contributed by atoms with van der Waals surface area (Å²) >= 11 is 7.07. The van der Waals surface area contributed by atoms with Gasteiger partial charge in [0.05, 0.1) is 5.75 Å². The van der Waals surface area contributed by atoms with Gasteiger partial charge in [-0.25, -0.2) is 0 Å². The molecule has 1 aromatic heterocycles. The van der Waals surface area contributed by atoms with Crippen LogP contribution < -0.4 is 4.74 Å². The van der Waals surface area contributed by atoms with Crippen molar-refractivity contribution in [3.05, 3.63) is 71.1 Å². The maximum absolute atomic E-state index is 12.7. The van der Waals surface area contributed by atoms with Gasteiger partial charge in [-0.3, -0.25) is 4.79 Å². The van der Waals surface area contributed by atoms with E-state index in [1.165, 1.54) is 11.8 Å². The Kier molecular flexibility index (Phi) is 7.55. The van der Waals surface area contributed by atoms with Crippen molar-refractivity contribution in [1.82, 2.24) is 15.1 Å². The summed E-state index contributed by atoms with van der Waals surface area (Å²) in [5.41, 5.74) is 1.10. The second-order valence-electron chi connectivity index (χ2n) is 6.59. The van der Waals surface area contributed by atoms with E-state index in [4.69, 9.17) is 20.8 Å². The molecule has 6 nitrogen and oxygen atoms in total. The van der Waals surface area contributed by atoms with Gasteiger partial charge in [-0.1, -0.05) is 53.7 Å². The van der Waals surface area contributed by atoms with Crippen LogP contribution in [0.2, 0.25) is 5.02 Å². The molecule has 0 radical (unpaired) electrons. The lowest BCUT2D eigenvalue weighted by atomic mass is 10.2. The first-order chi connectivity index (χ1) is 14.0. The van der Waals surface area contributed by atoms with E-state index >= 15 is 0 Å². The van der Waals surface area contributed by atoms with E-state index < -0.39 is 0 Å². The van der Waals surface area contributed by atoms with Crippen LogP contribution in [-0.2, 0) is 17.9 Å². The number of halogens is 1. The zero-order valence-electron chi connectivity index (χ0n) is 16.2. The number of hydrogen-bond acceptors (Lipinski definition) is 6. The number of thioether (sulfide) groups is 1. The van der Waals surface area contributed by atoms with Gasteiger partial charge in [0, 0.05) is 17.6 Å². The third-order valence-electron chi connectivity index (χ3n) is 4.08. The monoisotopic (exact) mass is 431 g/mol. The molecule has 29 heavy (non-hydrogen) atoms. The highest BCUT2D eigenvalue weighted by Crippen LogP contribution is 2.20. The van der Waals surface area contributed by atoms with E-state index in [1.807, 2.05) is 49.1 Å². The number of ether oxygens (including phenoxy) is 1. The maximum Gasteiger partial charge on any atom is 0.277 e. The number of benzene rings is 2. The molecule has 0 aliphatic rings. The minimum Gasteiger partial charge on any atom is -0.484 e. The van der Waals surface area contributed by atoms with Crippen molar-refractivity contribution in [2.24, 2.45) is 0 Å². The van der Waals surface area contributed by atoms with Crippen LogP contribution in [0.15, 0.2) is 64.2 Å².